The number of fused-ring (bicyclic) bond motifs is 1. The molecule has 136 valence electrons. The van der Waals surface area contributed by atoms with Gasteiger partial charge in [0.25, 0.3) is 5.91 Å². The van der Waals surface area contributed by atoms with Crippen LogP contribution in [0.1, 0.15) is 33.4 Å². The van der Waals surface area contributed by atoms with Gasteiger partial charge in [0.2, 0.25) is 0 Å². The van der Waals surface area contributed by atoms with Crippen molar-refractivity contribution in [1.82, 2.24) is 24.8 Å². The van der Waals surface area contributed by atoms with Crippen molar-refractivity contribution < 1.29 is 13.9 Å². The van der Waals surface area contributed by atoms with Crippen LogP contribution >= 0.6 is 0 Å². The molecule has 2 aromatic heterocycles. The molecule has 1 aliphatic rings. The van der Waals surface area contributed by atoms with Crippen molar-refractivity contribution in [3.8, 4) is 0 Å². The summed E-state index contributed by atoms with van der Waals surface area (Å²) in [5, 5.41) is 8.36. The zero-order valence-electron chi connectivity index (χ0n) is 15.2. The average molecular weight is 347 g/mol. The number of aromatic nitrogens is 3. The van der Waals surface area contributed by atoms with Crippen LogP contribution in [0.25, 0.3) is 0 Å². The average Bonchev–Trinajstić information content (AvgIpc) is 3.16. The van der Waals surface area contributed by atoms with Gasteiger partial charge in [-0.05, 0) is 27.1 Å². The molecule has 0 bridgehead atoms. The van der Waals surface area contributed by atoms with Gasteiger partial charge in [-0.1, -0.05) is 5.21 Å². The van der Waals surface area contributed by atoms with Crippen LogP contribution in [0.2, 0.25) is 0 Å². The maximum Gasteiger partial charge on any atom is 0.257 e. The lowest BCUT2D eigenvalue weighted by molar-refractivity contribution is 0.0612. The van der Waals surface area contributed by atoms with Gasteiger partial charge in [-0.2, -0.15) is 0 Å². The molecule has 8 nitrogen and oxygen atoms in total. The lowest BCUT2D eigenvalue weighted by atomic mass is 9.98. The van der Waals surface area contributed by atoms with Crippen molar-refractivity contribution in [2.24, 2.45) is 7.05 Å². The summed E-state index contributed by atoms with van der Waals surface area (Å²) in [7, 11) is 5.91. The molecule has 1 unspecified atom stereocenters. The lowest BCUT2D eigenvalue weighted by Crippen LogP contribution is -2.40. The second kappa shape index (κ2) is 7.37. The molecular weight excluding hydrogens is 322 g/mol. The molecule has 0 saturated carbocycles. The Morgan fingerprint density at radius 3 is 2.96 bits per heavy atom. The molecule has 0 fully saturated rings. The van der Waals surface area contributed by atoms with Gasteiger partial charge in [0.1, 0.15) is 11.5 Å². The minimum absolute atomic E-state index is 0.0409. The number of hydrogen-bond donors (Lipinski definition) is 0. The Labute approximate surface area is 147 Å². The van der Waals surface area contributed by atoms with E-state index in [1.165, 1.54) is 0 Å². The molecule has 3 rings (SSSR count). The number of nitrogens with zero attached hydrogens (tertiary/aromatic N) is 5. The zero-order chi connectivity index (χ0) is 18.0. The third-order valence-corrected chi connectivity index (χ3v) is 4.49. The van der Waals surface area contributed by atoms with Crippen LogP contribution in [-0.2, 0) is 18.3 Å². The van der Waals surface area contributed by atoms with Crippen LogP contribution in [0, 0.1) is 6.92 Å². The fourth-order valence-electron chi connectivity index (χ4n) is 3.15. The standard InChI is InChI=1S/C17H25N5O3/c1-12-14(5-7-25-12)17(23)22-9-13(11-24-8-6-20(2)3)16-15(10-22)18-19-21(16)4/h5,7,13H,6,8-11H2,1-4H3. The quantitative estimate of drug-likeness (QED) is 0.727. The Balaban J connectivity index is 1.74. The summed E-state index contributed by atoms with van der Waals surface area (Å²) < 4.78 is 12.9. The maximum absolute atomic E-state index is 12.8. The van der Waals surface area contributed by atoms with E-state index >= 15 is 0 Å². The van der Waals surface area contributed by atoms with Gasteiger partial charge in [0.05, 0.1) is 37.3 Å². The number of hydrogen-bond acceptors (Lipinski definition) is 6. The molecule has 1 atom stereocenters. The minimum Gasteiger partial charge on any atom is -0.469 e. The number of furan rings is 1. The zero-order valence-corrected chi connectivity index (χ0v) is 15.2. The van der Waals surface area contributed by atoms with Crippen LogP contribution in [0.5, 0.6) is 0 Å². The molecule has 2 aromatic rings. The predicted molar refractivity (Wildman–Crippen MR) is 91.3 cm³/mol. The molecular formula is C17H25N5O3. The van der Waals surface area contributed by atoms with E-state index in [-0.39, 0.29) is 11.8 Å². The first-order valence-electron chi connectivity index (χ1n) is 8.41. The molecule has 0 spiro atoms. The number of likely N-dealkylation sites (N-methyl/N-ethyl adjacent to an activating group) is 1. The van der Waals surface area contributed by atoms with Crippen LogP contribution in [0.4, 0.5) is 0 Å². The fourth-order valence-corrected chi connectivity index (χ4v) is 3.15. The van der Waals surface area contributed by atoms with E-state index in [1.807, 2.05) is 21.1 Å². The summed E-state index contributed by atoms with van der Waals surface area (Å²) in [6, 6.07) is 1.71. The Bertz CT molecular complexity index is 736. The van der Waals surface area contributed by atoms with Crippen LogP contribution in [0.15, 0.2) is 16.7 Å². The van der Waals surface area contributed by atoms with Crippen LogP contribution in [-0.4, -0.2) is 71.1 Å². The molecule has 0 aromatic carbocycles. The summed E-state index contributed by atoms with van der Waals surface area (Å²) in [5.74, 6) is 0.650. The first-order chi connectivity index (χ1) is 12.0. The second-order valence-corrected chi connectivity index (χ2v) is 6.70. The van der Waals surface area contributed by atoms with E-state index in [0.29, 0.717) is 37.6 Å². The number of ether oxygens (including phenoxy) is 1. The second-order valence-electron chi connectivity index (χ2n) is 6.70. The Morgan fingerprint density at radius 1 is 1.48 bits per heavy atom. The largest absolute Gasteiger partial charge is 0.469 e. The van der Waals surface area contributed by atoms with Gasteiger partial charge in [0, 0.05) is 26.1 Å². The van der Waals surface area contributed by atoms with E-state index < -0.39 is 0 Å². The summed E-state index contributed by atoms with van der Waals surface area (Å²) in [5.41, 5.74) is 2.49. The lowest BCUT2D eigenvalue weighted by Gasteiger charge is -2.32. The van der Waals surface area contributed by atoms with Crippen molar-refractivity contribution in [1.29, 1.82) is 0 Å². The highest BCUT2D eigenvalue weighted by atomic mass is 16.5. The highest BCUT2D eigenvalue weighted by Gasteiger charge is 2.33. The molecule has 3 heterocycles. The van der Waals surface area contributed by atoms with Crippen molar-refractivity contribution in [3.63, 3.8) is 0 Å². The SMILES string of the molecule is Cc1occc1C(=O)N1Cc2nnn(C)c2C(COCCN(C)C)C1. The van der Waals surface area contributed by atoms with Crippen LogP contribution in [0.3, 0.4) is 0 Å². The first kappa shape index (κ1) is 17.6. The molecule has 8 heteroatoms. The number of amides is 1. The van der Waals surface area contributed by atoms with E-state index in [9.17, 15) is 4.79 Å². The molecule has 0 N–H and O–H groups in total. The Hall–Kier alpha value is -2.19. The van der Waals surface area contributed by atoms with Crippen molar-refractivity contribution in [2.75, 3.05) is 40.4 Å². The van der Waals surface area contributed by atoms with E-state index in [0.717, 1.165) is 17.9 Å². The Kier molecular flexibility index (Phi) is 5.19. The third kappa shape index (κ3) is 3.74. The highest BCUT2D eigenvalue weighted by molar-refractivity contribution is 5.95. The number of aryl methyl sites for hydroxylation is 2. The van der Waals surface area contributed by atoms with Crippen molar-refractivity contribution >= 4 is 5.91 Å². The van der Waals surface area contributed by atoms with E-state index in [2.05, 4.69) is 15.2 Å². The number of carbonyl (C=O) groups is 1. The van der Waals surface area contributed by atoms with Gasteiger partial charge >= 0.3 is 0 Å². The third-order valence-electron chi connectivity index (χ3n) is 4.49. The summed E-state index contributed by atoms with van der Waals surface area (Å²) >= 11 is 0. The number of rotatable bonds is 6. The molecule has 0 radical (unpaired) electrons. The van der Waals surface area contributed by atoms with Crippen LogP contribution < -0.4 is 0 Å². The summed E-state index contributed by atoms with van der Waals surface area (Å²) in [4.78, 5) is 16.7. The predicted octanol–water partition coefficient (Wildman–Crippen LogP) is 1.03. The van der Waals surface area contributed by atoms with Gasteiger partial charge in [-0.3, -0.25) is 9.48 Å². The maximum atomic E-state index is 12.8. The summed E-state index contributed by atoms with van der Waals surface area (Å²) in [6.45, 7) is 4.89. The molecule has 1 amide bonds. The van der Waals surface area contributed by atoms with Gasteiger partial charge < -0.3 is 19.0 Å². The van der Waals surface area contributed by atoms with Gasteiger partial charge in [-0.25, -0.2) is 0 Å². The normalized spacial score (nSPS) is 17.2. The van der Waals surface area contributed by atoms with Crippen molar-refractivity contribution in [3.05, 3.63) is 35.0 Å². The minimum atomic E-state index is -0.0409. The van der Waals surface area contributed by atoms with E-state index in [1.54, 1.807) is 28.8 Å². The molecule has 1 aliphatic heterocycles. The van der Waals surface area contributed by atoms with Crippen molar-refractivity contribution in [2.45, 2.75) is 19.4 Å². The topological polar surface area (TPSA) is 76.6 Å². The smallest absolute Gasteiger partial charge is 0.257 e. The van der Waals surface area contributed by atoms with Gasteiger partial charge in [-0.15, -0.1) is 5.10 Å². The van der Waals surface area contributed by atoms with Gasteiger partial charge in [0.15, 0.2) is 0 Å². The monoisotopic (exact) mass is 347 g/mol. The fraction of sp³-hybridized carbons (Fsp3) is 0.588. The highest BCUT2D eigenvalue weighted by Crippen LogP contribution is 2.28. The first-order valence-corrected chi connectivity index (χ1v) is 8.41. The molecule has 25 heavy (non-hydrogen) atoms. The Morgan fingerprint density at radius 2 is 2.28 bits per heavy atom. The molecule has 0 aliphatic carbocycles. The van der Waals surface area contributed by atoms with E-state index in [4.69, 9.17) is 9.15 Å². The molecule has 0 saturated heterocycles. The summed E-state index contributed by atoms with van der Waals surface area (Å²) in [6.07, 6.45) is 1.54. The number of carbonyl (C=O) groups excluding carboxylic acids is 1.